The number of nitrogens with two attached hydrogens (primary N) is 1. The smallest absolute Gasteiger partial charge is 0.137 e. The Bertz CT molecular complexity index is 434. The summed E-state index contributed by atoms with van der Waals surface area (Å²) >= 11 is 0. The molecule has 2 aromatic carbocycles. The van der Waals surface area contributed by atoms with Crippen LogP contribution in [0.5, 0.6) is 5.75 Å². The summed E-state index contributed by atoms with van der Waals surface area (Å²) in [7, 11) is 2.05. The van der Waals surface area contributed by atoms with Crippen molar-refractivity contribution in [2.75, 3.05) is 20.2 Å². The zero-order valence-electron chi connectivity index (χ0n) is 8.94. The van der Waals surface area contributed by atoms with Gasteiger partial charge in [-0.1, -0.05) is 36.4 Å². The van der Waals surface area contributed by atoms with Gasteiger partial charge in [-0.3, -0.25) is 0 Å². The molecule has 0 fully saturated rings. The van der Waals surface area contributed by atoms with Crippen molar-refractivity contribution < 1.29 is 10.1 Å². The van der Waals surface area contributed by atoms with Crippen LogP contribution in [0.4, 0.5) is 0 Å². The molecular weight excluding hydrogens is 186 g/mol. The second-order valence-electron chi connectivity index (χ2n) is 3.52. The highest BCUT2D eigenvalue weighted by Gasteiger charge is 2.00. The van der Waals surface area contributed by atoms with Gasteiger partial charge in [0, 0.05) is 5.39 Å². The molecule has 2 rings (SSSR count). The highest BCUT2D eigenvalue weighted by atomic mass is 16.5. The molecule has 15 heavy (non-hydrogen) atoms. The molecule has 2 nitrogen and oxygen atoms in total. The van der Waals surface area contributed by atoms with Crippen LogP contribution in [0.3, 0.4) is 0 Å². The molecule has 0 amide bonds. The maximum Gasteiger partial charge on any atom is 0.137 e. The lowest BCUT2D eigenvalue weighted by Gasteiger charge is -2.07. The van der Waals surface area contributed by atoms with E-state index in [1.165, 1.54) is 10.8 Å². The number of benzene rings is 2. The predicted molar refractivity (Wildman–Crippen MR) is 62.2 cm³/mol. The van der Waals surface area contributed by atoms with Crippen LogP contribution in [0.15, 0.2) is 42.5 Å². The first-order chi connectivity index (χ1) is 7.42. The molecule has 0 saturated carbocycles. The van der Waals surface area contributed by atoms with E-state index in [4.69, 9.17) is 4.74 Å². The van der Waals surface area contributed by atoms with Gasteiger partial charge in [0.15, 0.2) is 0 Å². The fraction of sp³-hybridized carbons (Fsp3) is 0.231. The Balaban J connectivity index is 2.26. The van der Waals surface area contributed by atoms with Gasteiger partial charge in [-0.2, -0.15) is 0 Å². The van der Waals surface area contributed by atoms with Crippen LogP contribution in [-0.2, 0) is 0 Å². The summed E-state index contributed by atoms with van der Waals surface area (Å²) in [5.74, 6) is 0.981. The van der Waals surface area contributed by atoms with Gasteiger partial charge in [0.05, 0.1) is 7.05 Å². The van der Waals surface area contributed by atoms with Gasteiger partial charge in [-0.15, -0.1) is 0 Å². The van der Waals surface area contributed by atoms with E-state index in [9.17, 15) is 0 Å². The maximum atomic E-state index is 5.73. The normalized spacial score (nSPS) is 10.5. The third-order valence-electron chi connectivity index (χ3n) is 2.41. The molecule has 2 aromatic rings. The Hall–Kier alpha value is -1.54. The summed E-state index contributed by atoms with van der Waals surface area (Å²) in [6.07, 6.45) is 0. The molecule has 0 aromatic heterocycles. The number of hydrogen-bond acceptors (Lipinski definition) is 1. The SMILES string of the molecule is C[NH2+]CCOc1cccc2ccccc12. The van der Waals surface area contributed by atoms with Crippen molar-refractivity contribution >= 4 is 10.8 Å². The van der Waals surface area contributed by atoms with Gasteiger partial charge in [0.1, 0.15) is 18.9 Å². The van der Waals surface area contributed by atoms with Crippen LogP contribution < -0.4 is 10.1 Å². The molecule has 0 radical (unpaired) electrons. The molecule has 2 N–H and O–H groups in total. The van der Waals surface area contributed by atoms with Crippen LogP contribution >= 0.6 is 0 Å². The van der Waals surface area contributed by atoms with Gasteiger partial charge in [-0.05, 0) is 11.5 Å². The third-order valence-corrected chi connectivity index (χ3v) is 2.41. The Kier molecular flexibility index (Phi) is 3.20. The minimum Gasteiger partial charge on any atom is -0.487 e. The summed E-state index contributed by atoms with van der Waals surface area (Å²) in [5.41, 5.74) is 0. The van der Waals surface area contributed by atoms with Crippen molar-refractivity contribution in [1.82, 2.24) is 0 Å². The van der Waals surface area contributed by atoms with Crippen LogP contribution in [0.1, 0.15) is 0 Å². The Labute approximate surface area is 89.9 Å². The van der Waals surface area contributed by atoms with Crippen LogP contribution in [-0.4, -0.2) is 20.2 Å². The van der Waals surface area contributed by atoms with Gasteiger partial charge in [-0.25, -0.2) is 0 Å². The first kappa shape index (κ1) is 9.99. The van der Waals surface area contributed by atoms with Crippen LogP contribution in [0.25, 0.3) is 10.8 Å². The zero-order valence-corrected chi connectivity index (χ0v) is 8.94. The summed E-state index contributed by atoms with van der Waals surface area (Å²) in [6.45, 7) is 1.74. The van der Waals surface area contributed by atoms with Crippen molar-refractivity contribution in [3.8, 4) is 5.75 Å². The van der Waals surface area contributed by atoms with Crippen LogP contribution in [0, 0.1) is 0 Å². The molecule has 0 aliphatic carbocycles. The summed E-state index contributed by atoms with van der Waals surface area (Å²) in [6, 6.07) is 14.5. The highest BCUT2D eigenvalue weighted by molar-refractivity contribution is 5.88. The maximum absolute atomic E-state index is 5.73. The molecule has 0 bridgehead atoms. The molecular formula is C13H16NO+. The molecule has 0 atom stereocenters. The van der Waals surface area contributed by atoms with E-state index < -0.39 is 0 Å². The average molecular weight is 202 g/mol. The largest absolute Gasteiger partial charge is 0.487 e. The summed E-state index contributed by atoms with van der Waals surface area (Å²) in [5, 5.41) is 4.54. The standard InChI is InChI=1S/C13H15NO/c1-14-9-10-15-13-8-4-6-11-5-2-3-7-12(11)13/h2-8,14H,9-10H2,1H3/p+1. The zero-order chi connectivity index (χ0) is 10.5. The summed E-state index contributed by atoms with van der Waals surface area (Å²) < 4.78 is 5.73. The van der Waals surface area contributed by atoms with E-state index in [0.29, 0.717) is 0 Å². The average Bonchev–Trinajstić information content (AvgIpc) is 2.30. The number of fused-ring (bicyclic) bond motifs is 1. The van der Waals surface area contributed by atoms with Gasteiger partial charge < -0.3 is 10.1 Å². The molecule has 0 unspecified atom stereocenters. The Morgan fingerprint density at radius 2 is 1.87 bits per heavy atom. The number of quaternary nitrogens is 1. The van der Waals surface area contributed by atoms with E-state index in [1.807, 2.05) is 31.3 Å². The van der Waals surface area contributed by atoms with Crippen molar-refractivity contribution in [1.29, 1.82) is 0 Å². The number of ether oxygens (including phenoxy) is 1. The van der Waals surface area contributed by atoms with E-state index in [2.05, 4.69) is 23.5 Å². The molecule has 0 heterocycles. The lowest BCUT2D eigenvalue weighted by Crippen LogP contribution is -2.80. The second kappa shape index (κ2) is 4.80. The van der Waals surface area contributed by atoms with Crippen molar-refractivity contribution in [2.45, 2.75) is 0 Å². The fourth-order valence-electron chi connectivity index (χ4n) is 1.61. The molecule has 2 heteroatoms. The lowest BCUT2D eigenvalue weighted by molar-refractivity contribution is -0.627. The van der Waals surface area contributed by atoms with E-state index in [-0.39, 0.29) is 0 Å². The first-order valence-corrected chi connectivity index (χ1v) is 5.30. The number of hydrogen-bond donors (Lipinski definition) is 1. The Morgan fingerprint density at radius 3 is 2.73 bits per heavy atom. The number of likely N-dealkylation sites (N-methyl/N-ethyl adjacent to an activating group) is 1. The van der Waals surface area contributed by atoms with E-state index >= 15 is 0 Å². The number of rotatable bonds is 4. The predicted octanol–water partition coefficient (Wildman–Crippen LogP) is 1.41. The second-order valence-corrected chi connectivity index (χ2v) is 3.52. The van der Waals surface area contributed by atoms with Crippen molar-refractivity contribution in [3.05, 3.63) is 42.5 Å². The minimum absolute atomic E-state index is 0.754. The van der Waals surface area contributed by atoms with Crippen LogP contribution in [0.2, 0.25) is 0 Å². The third kappa shape index (κ3) is 2.28. The van der Waals surface area contributed by atoms with Gasteiger partial charge in [0.25, 0.3) is 0 Å². The lowest BCUT2D eigenvalue weighted by atomic mass is 10.1. The minimum atomic E-state index is 0.754. The van der Waals surface area contributed by atoms with Gasteiger partial charge in [0.2, 0.25) is 0 Å². The summed E-state index contributed by atoms with van der Waals surface area (Å²) in [4.78, 5) is 0. The molecule has 0 spiro atoms. The topological polar surface area (TPSA) is 25.8 Å². The molecule has 0 aliphatic rings. The van der Waals surface area contributed by atoms with Crippen molar-refractivity contribution in [3.63, 3.8) is 0 Å². The van der Waals surface area contributed by atoms with E-state index in [1.54, 1.807) is 0 Å². The van der Waals surface area contributed by atoms with Crippen molar-refractivity contribution in [2.24, 2.45) is 0 Å². The van der Waals surface area contributed by atoms with Gasteiger partial charge >= 0.3 is 0 Å². The Morgan fingerprint density at radius 1 is 1.07 bits per heavy atom. The highest BCUT2D eigenvalue weighted by Crippen LogP contribution is 2.24. The molecule has 78 valence electrons. The fourth-order valence-corrected chi connectivity index (χ4v) is 1.61. The molecule has 0 aliphatic heterocycles. The first-order valence-electron chi connectivity index (χ1n) is 5.30. The molecule has 0 saturated heterocycles. The monoisotopic (exact) mass is 202 g/mol. The van der Waals surface area contributed by atoms with E-state index in [0.717, 1.165) is 18.9 Å². The quantitative estimate of drug-likeness (QED) is 0.745.